The van der Waals surface area contributed by atoms with E-state index in [4.69, 9.17) is 18.0 Å². The van der Waals surface area contributed by atoms with Crippen LogP contribution in [0.25, 0.3) is 0 Å². The summed E-state index contributed by atoms with van der Waals surface area (Å²) in [6.07, 6.45) is 3.89. The van der Waals surface area contributed by atoms with Crippen LogP contribution in [0.15, 0.2) is 29.2 Å². The Morgan fingerprint density at radius 2 is 2.05 bits per heavy atom. The first-order valence-corrected chi connectivity index (χ1v) is 9.02. The molecule has 1 atom stereocenters. The summed E-state index contributed by atoms with van der Waals surface area (Å²) in [6, 6.07) is 6.57. The predicted octanol–water partition coefficient (Wildman–Crippen LogP) is 2.57. The second-order valence-corrected chi connectivity index (χ2v) is 8.56. The zero-order chi connectivity index (χ0) is 15.7. The van der Waals surface area contributed by atoms with Gasteiger partial charge in [0.2, 0.25) is 10.0 Å². The van der Waals surface area contributed by atoms with E-state index in [2.05, 4.69) is 18.6 Å². The van der Waals surface area contributed by atoms with Crippen molar-refractivity contribution >= 4 is 27.2 Å². The van der Waals surface area contributed by atoms with E-state index in [1.807, 2.05) is 0 Å². The van der Waals surface area contributed by atoms with Crippen LogP contribution in [-0.4, -0.2) is 19.4 Å². The molecule has 1 unspecified atom stereocenters. The molecular formula is C15H22N2O2S2. The molecule has 0 spiro atoms. The highest BCUT2D eigenvalue weighted by Crippen LogP contribution is 2.35. The van der Waals surface area contributed by atoms with Gasteiger partial charge in [-0.3, -0.25) is 0 Å². The number of hydrogen-bond acceptors (Lipinski definition) is 3. The Hall–Kier alpha value is -0.980. The highest BCUT2D eigenvalue weighted by atomic mass is 32.2. The van der Waals surface area contributed by atoms with Crippen molar-refractivity contribution in [3.63, 3.8) is 0 Å². The van der Waals surface area contributed by atoms with Gasteiger partial charge in [0.1, 0.15) is 4.99 Å². The lowest BCUT2D eigenvalue weighted by Gasteiger charge is -2.35. The Labute approximate surface area is 132 Å². The van der Waals surface area contributed by atoms with E-state index in [0.29, 0.717) is 5.56 Å². The van der Waals surface area contributed by atoms with E-state index in [1.54, 1.807) is 24.3 Å². The van der Waals surface area contributed by atoms with Gasteiger partial charge in [-0.15, -0.1) is 0 Å². The van der Waals surface area contributed by atoms with E-state index in [0.717, 1.165) is 25.7 Å². The number of thiocarbonyl (C=S) groups is 1. The first-order valence-electron chi connectivity index (χ1n) is 7.12. The summed E-state index contributed by atoms with van der Waals surface area (Å²) in [5.74, 6) is 0. The zero-order valence-corrected chi connectivity index (χ0v) is 14.1. The molecule has 4 nitrogen and oxygen atoms in total. The molecule has 0 heterocycles. The van der Waals surface area contributed by atoms with E-state index in [-0.39, 0.29) is 21.3 Å². The van der Waals surface area contributed by atoms with Crippen molar-refractivity contribution in [2.45, 2.75) is 50.5 Å². The molecule has 0 amide bonds. The molecule has 1 aliphatic carbocycles. The SMILES string of the molecule is CC1(C)CCCC(NS(=O)(=O)c2ccccc2C(N)=S)C1. The van der Waals surface area contributed by atoms with Crippen molar-refractivity contribution in [1.29, 1.82) is 0 Å². The molecule has 1 aromatic rings. The number of benzene rings is 1. The highest BCUT2D eigenvalue weighted by Gasteiger charge is 2.31. The van der Waals surface area contributed by atoms with Crippen LogP contribution in [0, 0.1) is 5.41 Å². The Kier molecular flexibility index (Phi) is 4.70. The topological polar surface area (TPSA) is 72.2 Å². The van der Waals surface area contributed by atoms with Gasteiger partial charge in [-0.25, -0.2) is 13.1 Å². The second-order valence-electron chi connectivity index (χ2n) is 6.44. The largest absolute Gasteiger partial charge is 0.389 e. The van der Waals surface area contributed by atoms with Crippen LogP contribution in [-0.2, 0) is 10.0 Å². The van der Waals surface area contributed by atoms with Crippen molar-refractivity contribution in [2.24, 2.45) is 11.1 Å². The molecular weight excluding hydrogens is 304 g/mol. The van der Waals surface area contributed by atoms with Crippen LogP contribution >= 0.6 is 12.2 Å². The van der Waals surface area contributed by atoms with E-state index in [9.17, 15) is 8.42 Å². The Bertz CT molecular complexity index is 639. The predicted molar refractivity (Wildman–Crippen MR) is 88.7 cm³/mol. The summed E-state index contributed by atoms with van der Waals surface area (Å²) in [7, 11) is -3.60. The van der Waals surface area contributed by atoms with Gasteiger partial charge in [-0.1, -0.05) is 50.7 Å². The number of hydrogen-bond donors (Lipinski definition) is 2. The van der Waals surface area contributed by atoms with Gasteiger partial charge >= 0.3 is 0 Å². The third-order valence-corrected chi connectivity index (χ3v) is 5.77. The standard InChI is InChI=1S/C15H22N2O2S2/c1-15(2)9-5-6-11(10-15)17-21(18,19)13-8-4-3-7-12(13)14(16)20/h3-4,7-8,11,17H,5-6,9-10H2,1-2H3,(H2,16,20). The maximum absolute atomic E-state index is 12.6. The molecule has 0 saturated heterocycles. The monoisotopic (exact) mass is 326 g/mol. The molecule has 1 fully saturated rings. The summed E-state index contributed by atoms with van der Waals surface area (Å²) < 4.78 is 28.0. The number of sulfonamides is 1. The molecule has 1 aromatic carbocycles. The lowest BCUT2D eigenvalue weighted by molar-refractivity contribution is 0.212. The van der Waals surface area contributed by atoms with Gasteiger partial charge in [0, 0.05) is 11.6 Å². The molecule has 1 aliphatic rings. The first-order chi connectivity index (χ1) is 9.71. The normalized spacial score (nSPS) is 21.9. The quantitative estimate of drug-likeness (QED) is 0.834. The summed E-state index contributed by atoms with van der Waals surface area (Å²) in [5.41, 5.74) is 6.20. The van der Waals surface area contributed by atoms with Gasteiger partial charge in [0.05, 0.1) is 4.90 Å². The number of rotatable bonds is 4. The van der Waals surface area contributed by atoms with Crippen molar-refractivity contribution in [1.82, 2.24) is 4.72 Å². The lowest BCUT2D eigenvalue weighted by Crippen LogP contribution is -2.41. The summed E-state index contributed by atoms with van der Waals surface area (Å²) in [6.45, 7) is 4.35. The minimum absolute atomic E-state index is 0.0295. The van der Waals surface area contributed by atoms with Gasteiger partial charge in [-0.05, 0) is 30.7 Å². The van der Waals surface area contributed by atoms with Crippen molar-refractivity contribution in [2.75, 3.05) is 0 Å². The molecule has 2 rings (SSSR count). The van der Waals surface area contributed by atoms with Crippen molar-refractivity contribution in [3.05, 3.63) is 29.8 Å². The minimum Gasteiger partial charge on any atom is -0.389 e. The average Bonchev–Trinajstić information content (AvgIpc) is 2.37. The molecule has 3 N–H and O–H groups in total. The van der Waals surface area contributed by atoms with E-state index >= 15 is 0 Å². The van der Waals surface area contributed by atoms with Crippen molar-refractivity contribution in [3.8, 4) is 0 Å². The second kappa shape index (κ2) is 6.02. The summed E-state index contributed by atoms with van der Waals surface area (Å²) >= 11 is 4.94. The minimum atomic E-state index is -3.60. The van der Waals surface area contributed by atoms with Gasteiger partial charge in [0.25, 0.3) is 0 Å². The molecule has 0 aliphatic heterocycles. The smallest absolute Gasteiger partial charge is 0.241 e. The third-order valence-electron chi connectivity index (χ3n) is 3.97. The molecule has 0 aromatic heterocycles. The number of nitrogens with one attached hydrogen (secondary N) is 1. The van der Waals surface area contributed by atoms with Crippen LogP contribution in [0.3, 0.4) is 0 Å². The maximum atomic E-state index is 12.6. The van der Waals surface area contributed by atoms with Crippen LogP contribution < -0.4 is 10.5 Å². The number of nitrogens with two attached hydrogens (primary N) is 1. The van der Waals surface area contributed by atoms with Crippen LogP contribution in [0.1, 0.15) is 45.1 Å². The van der Waals surface area contributed by atoms with E-state index in [1.165, 1.54) is 0 Å². The average molecular weight is 326 g/mol. The molecule has 0 radical (unpaired) electrons. The Morgan fingerprint density at radius 1 is 1.38 bits per heavy atom. The van der Waals surface area contributed by atoms with E-state index < -0.39 is 10.0 Å². The Balaban J connectivity index is 2.25. The first kappa shape index (κ1) is 16.4. The van der Waals surface area contributed by atoms with Crippen molar-refractivity contribution < 1.29 is 8.42 Å². The van der Waals surface area contributed by atoms with Gasteiger partial charge in [0.15, 0.2) is 0 Å². The molecule has 116 valence electrons. The fourth-order valence-electron chi connectivity index (χ4n) is 2.99. The molecule has 6 heteroatoms. The van der Waals surface area contributed by atoms with Crippen LogP contribution in [0.2, 0.25) is 0 Å². The van der Waals surface area contributed by atoms with Gasteiger partial charge in [-0.2, -0.15) is 0 Å². The molecule has 0 bridgehead atoms. The highest BCUT2D eigenvalue weighted by molar-refractivity contribution is 7.89. The third kappa shape index (κ3) is 4.02. The lowest BCUT2D eigenvalue weighted by atomic mass is 9.75. The summed E-state index contributed by atoms with van der Waals surface area (Å²) in [4.78, 5) is 0.265. The van der Waals surface area contributed by atoms with Crippen LogP contribution in [0.4, 0.5) is 0 Å². The van der Waals surface area contributed by atoms with Gasteiger partial charge < -0.3 is 5.73 Å². The summed E-state index contributed by atoms with van der Waals surface area (Å²) in [5, 5.41) is 0. The van der Waals surface area contributed by atoms with Crippen LogP contribution in [0.5, 0.6) is 0 Å². The molecule has 21 heavy (non-hydrogen) atoms. The maximum Gasteiger partial charge on any atom is 0.241 e. The zero-order valence-electron chi connectivity index (χ0n) is 12.4. The molecule has 1 saturated carbocycles. The fraction of sp³-hybridized carbons (Fsp3) is 0.533. The fourth-order valence-corrected chi connectivity index (χ4v) is 4.72. The Morgan fingerprint density at radius 3 is 2.67 bits per heavy atom.